The van der Waals surface area contributed by atoms with Gasteiger partial charge < -0.3 is 15.2 Å². The summed E-state index contributed by atoms with van der Waals surface area (Å²) < 4.78 is 1.78. The predicted octanol–water partition coefficient (Wildman–Crippen LogP) is 2.25. The van der Waals surface area contributed by atoms with Crippen LogP contribution in [0.15, 0.2) is 30.5 Å². The summed E-state index contributed by atoms with van der Waals surface area (Å²) in [5, 5.41) is 7.26. The highest BCUT2D eigenvalue weighted by Gasteiger charge is 2.30. The third-order valence-electron chi connectivity index (χ3n) is 5.11. The van der Waals surface area contributed by atoms with Gasteiger partial charge in [-0.3, -0.25) is 14.3 Å². The summed E-state index contributed by atoms with van der Waals surface area (Å²) >= 11 is 0. The number of benzene rings is 1. The quantitative estimate of drug-likeness (QED) is 0.710. The molecule has 3 heterocycles. The third-order valence-corrected chi connectivity index (χ3v) is 5.11. The number of nitrogens with one attached hydrogen (secondary N) is 2. The number of hydrogen-bond donors (Lipinski definition) is 2. The first-order valence-electron chi connectivity index (χ1n) is 9.53. The standard InChI is InChI=1S/C20H24N6O2/c1-13-5-9-26(24-13)10-7-19(27)25-8-6-15(12-25)20(28)23-16-3-4-17-18(11-16)22-14(2)21-17/h3-5,9,11,15H,6-8,10,12H2,1-2H3,(H,21,22)(H,23,28). The highest BCUT2D eigenvalue weighted by atomic mass is 16.2. The van der Waals surface area contributed by atoms with Gasteiger partial charge in [0.05, 0.1) is 22.6 Å². The summed E-state index contributed by atoms with van der Waals surface area (Å²) in [6.07, 6.45) is 2.95. The fraction of sp³-hybridized carbons (Fsp3) is 0.400. The van der Waals surface area contributed by atoms with E-state index in [0.717, 1.165) is 28.2 Å². The lowest BCUT2D eigenvalue weighted by Crippen LogP contribution is -2.32. The van der Waals surface area contributed by atoms with Gasteiger partial charge in [0, 0.05) is 37.9 Å². The summed E-state index contributed by atoms with van der Waals surface area (Å²) in [5.74, 6) is 0.676. The van der Waals surface area contributed by atoms with Gasteiger partial charge in [-0.1, -0.05) is 0 Å². The molecule has 3 aromatic rings. The largest absolute Gasteiger partial charge is 0.342 e. The molecule has 8 heteroatoms. The number of nitrogens with zero attached hydrogens (tertiary/aromatic N) is 4. The molecule has 0 spiro atoms. The number of likely N-dealkylation sites (tertiary alicyclic amines) is 1. The molecule has 1 atom stereocenters. The van der Waals surface area contributed by atoms with Crippen molar-refractivity contribution in [3.63, 3.8) is 0 Å². The number of fused-ring (bicyclic) bond motifs is 1. The molecule has 0 saturated carbocycles. The molecule has 2 N–H and O–H groups in total. The van der Waals surface area contributed by atoms with Gasteiger partial charge in [0.25, 0.3) is 0 Å². The van der Waals surface area contributed by atoms with Gasteiger partial charge in [-0.2, -0.15) is 5.10 Å². The molecule has 0 radical (unpaired) electrons. The fourth-order valence-electron chi connectivity index (χ4n) is 3.62. The second kappa shape index (κ2) is 7.46. The number of amides is 2. The lowest BCUT2D eigenvalue weighted by Gasteiger charge is -2.16. The summed E-state index contributed by atoms with van der Waals surface area (Å²) in [5.41, 5.74) is 3.45. The maximum absolute atomic E-state index is 12.6. The van der Waals surface area contributed by atoms with Crippen LogP contribution < -0.4 is 5.32 Å². The lowest BCUT2D eigenvalue weighted by molar-refractivity contribution is -0.130. The SMILES string of the molecule is Cc1ccn(CCC(=O)N2CCC(C(=O)Nc3ccc4nc(C)[nH]c4c3)C2)n1. The minimum Gasteiger partial charge on any atom is -0.342 e. The Kier molecular flexibility index (Phi) is 4.85. The van der Waals surface area contributed by atoms with Crippen LogP contribution >= 0.6 is 0 Å². The van der Waals surface area contributed by atoms with Crippen LogP contribution in [0.3, 0.4) is 0 Å². The maximum atomic E-state index is 12.6. The number of imidazole rings is 1. The van der Waals surface area contributed by atoms with E-state index in [1.165, 1.54) is 0 Å². The average molecular weight is 380 g/mol. The fourth-order valence-corrected chi connectivity index (χ4v) is 3.62. The Labute approximate surface area is 162 Å². The summed E-state index contributed by atoms with van der Waals surface area (Å²) in [7, 11) is 0. The van der Waals surface area contributed by atoms with Crippen molar-refractivity contribution in [2.24, 2.45) is 5.92 Å². The van der Waals surface area contributed by atoms with Gasteiger partial charge >= 0.3 is 0 Å². The smallest absolute Gasteiger partial charge is 0.229 e. The molecule has 1 aliphatic heterocycles. The molecule has 1 aliphatic rings. The molecule has 0 aliphatic carbocycles. The second-order valence-electron chi connectivity index (χ2n) is 7.34. The van der Waals surface area contributed by atoms with Crippen LogP contribution in [0.1, 0.15) is 24.4 Å². The second-order valence-corrected chi connectivity index (χ2v) is 7.34. The van der Waals surface area contributed by atoms with Crippen LogP contribution in [0.2, 0.25) is 0 Å². The first kappa shape index (κ1) is 18.2. The van der Waals surface area contributed by atoms with Gasteiger partial charge in [-0.05, 0) is 44.5 Å². The Morgan fingerprint density at radius 3 is 2.93 bits per heavy atom. The zero-order valence-corrected chi connectivity index (χ0v) is 16.1. The molecule has 28 heavy (non-hydrogen) atoms. The molecular weight excluding hydrogens is 356 g/mol. The number of H-pyrrole nitrogens is 1. The van der Waals surface area contributed by atoms with Crippen molar-refractivity contribution in [3.05, 3.63) is 42.0 Å². The first-order valence-corrected chi connectivity index (χ1v) is 9.53. The number of hydrogen-bond acceptors (Lipinski definition) is 4. The molecule has 8 nitrogen and oxygen atoms in total. The molecule has 4 rings (SSSR count). The summed E-state index contributed by atoms with van der Waals surface area (Å²) in [4.78, 5) is 34.4. The van der Waals surface area contributed by atoms with Gasteiger partial charge in [0.1, 0.15) is 5.82 Å². The molecule has 2 aromatic heterocycles. The highest BCUT2D eigenvalue weighted by molar-refractivity contribution is 5.95. The number of aryl methyl sites for hydroxylation is 3. The van der Waals surface area contributed by atoms with Gasteiger partial charge in [0.2, 0.25) is 11.8 Å². The Bertz CT molecular complexity index is 1020. The monoisotopic (exact) mass is 380 g/mol. The number of aromatic amines is 1. The van der Waals surface area contributed by atoms with Crippen molar-refractivity contribution in [1.29, 1.82) is 0 Å². The molecule has 1 saturated heterocycles. The molecule has 0 bridgehead atoms. The Hall–Kier alpha value is -3.16. The van der Waals surface area contributed by atoms with Crippen LogP contribution in [0.5, 0.6) is 0 Å². The topological polar surface area (TPSA) is 95.9 Å². The van der Waals surface area contributed by atoms with E-state index in [9.17, 15) is 9.59 Å². The van der Waals surface area contributed by atoms with E-state index < -0.39 is 0 Å². The minimum absolute atomic E-state index is 0.0476. The Balaban J connectivity index is 1.31. The van der Waals surface area contributed by atoms with E-state index in [1.807, 2.05) is 44.3 Å². The first-order chi connectivity index (χ1) is 13.5. The van der Waals surface area contributed by atoms with Crippen LogP contribution in [0, 0.1) is 19.8 Å². The van der Waals surface area contributed by atoms with Crippen LogP contribution in [-0.4, -0.2) is 49.6 Å². The van der Waals surface area contributed by atoms with E-state index in [-0.39, 0.29) is 17.7 Å². The summed E-state index contributed by atoms with van der Waals surface area (Å²) in [6.45, 7) is 5.47. The molecule has 1 aromatic carbocycles. The number of carbonyl (C=O) groups is 2. The van der Waals surface area contributed by atoms with E-state index in [2.05, 4.69) is 20.4 Å². The van der Waals surface area contributed by atoms with Crippen molar-refractivity contribution < 1.29 is 9.59 Å². The van der Waals surface area contributed by atoms with Crippen molar-refractivity contribution >= 4 is 28.5 Å². The zero-order chi connectivity index (χ0) is 19.7. The van der Waals surface area contributed by atoms with E-state index >= 15 is 0 Å². The van der Waals surface area contributed by atoms with Crippen LogP contribution in [-0.2, 0) is 16.1 Å². The molecule has 1 fully saturated rings. The van der Waals surface area contributed by atoms with Crippen LogP contribution in [0.25, 0.3) is 11.0 Å². The molecule has 1 unspecified atom stereocenters. The normalized spacial score (nSPS) is 16.6. The number of rotatable bonds is 5. The summed E-state index contributed by atoms with van der Waals surface area (Å²) in [6, 6.07) is 7.54. The predicted molar refractivity (Wildman–Crippen MR) is 106 cm³/mol. The molecule has 146 valence electrons. The van der Waals surface area contributed by atoms with Crippen molar-refractivity contribution in [2.75, 3.05) is 18.4 Å². The number of carbonyl (C=O) groups excluding carboxylic acids is 2. The Morgan fingerprint density at radius 2 is 2.14 bits per heavy atom. The van der Waals surface area contributed by atoms with Crippen molar-refractivity contribution in [1.82, 2.24) is 24.6 Å². The highest BCUT2D eigenvalue weighted by Crippen LogP contribution is 2.21. The Morgan fingerprint density at radius 1 is 1.29 bits per heavy atom. The molecule has 2 amide bonds. The number of aromatic nitrogens is 4. The van der Waals surface area contributed by atoms with Crippen molar-refractivity contribution in [3.8, 4) is 0 Å². The van der Waals surface area contributed by atoms with Gasteiger partial charge in [-0.25, -0.2) is 4.98 Å². The lowest BCUT2D eigenvalue weighted by atomic mass is 10.1. The minimum atomic E-state index is -0.185. The van der Waals surface area contributed by atoms with Crippen molar-refractivity contribution in [2.45, 2.75) is 33.2 Å². The average Bonchev–Trinajstić information content (AvgIpc) is 3.38. The van der Waals surface area contributed by atoms with E-state index in [1.54, 1.807) is 9.58 Å². The maximum Gasteiger partial charge on any atom is 0.229 e. The van der Waals surface area contributed by atoms with Crippen LogP contribution in [0.4, 0.5) is 5.69 Å². The van der Waals surface area contributed by atoms with E-state index in [0.29, 0.717) is 32.5 Å². The van der Waals surface area contributed by atoms with Gasteiger partial charge in [-0.15, -0.1) is 0 Å². The molecular formula is C20H24N6O2. The number of anilines is 1. The third kappa shape index (κ3) is 3.90. The zero-order valence-electron chi connectivity index (χ0n) is 16.1. The van der Waals surface area contributed by atoms with Gasteiger partial charge in [0.15, 0.2) is 0 Å². The van der Waals surface area contributed by atoms with E-state index in [4.69, 9.17) is 0 Å².